The average molecular weight is 415 g/mol. The fourth-order valence-corrected chi connectivity index (χ4v) is 7.24. The number of aliphatic hydroxyl groups excluding tert-OH is 1. The lowest BCUT2D eigenvalue weighted by Crippen LogP contribution is -2.47. The van der Waals surface area contributed by atoms with Crippen molar-refractivity contribution in [1.82, 2.24) is 14.9 Å². The van der Waals surface area contributed by atoms with Gasteiger partial charge in [-0.3, -0.25) is 9.69 Å². The molecule has 5 aliphatic rings. The molecule has 1 aromatic heterocycles. The van der Waals surface area contributed by atoms with Crippen LogP contribution < -0.4 is 5.32 Å². The summed E-state index contributed by atoms with van der Waals surface area (Å²) in [5, 5.41) is 13.2. The summed E-state index contributed by atoms with van der Waals surface area (Å²) in [5.74, 6) is 3.38. The Morgan fingerprint density at radius 1 is 1.27 bits per heavy atom. The molecule has 7 heteroatoms. The number of methoxy groups -OCH3 is 1. The smallest absolute Gasteiger partial charge is 0.226 e. The third kappa shape index (κ3) is 4.12. The van der Waals surface area contributed by atoms with Crippen molar-refractivity contribution >= 4 is 11.7 Å². The van der Waals surface area contributed by atoms with Crippen molar-refractivity contribution in [3.8, 4) is 0 Å². The van der Waals surface area contributed by atoms with Gasteiger partial charge in [-0.1, -0.05) is 0 Å². The molecule has 0 spiro atoms. The van der Waals surface area contributed by atoms with Crippen molar-refractivity contribution in [2.45, 2.75) is 64.0 Å². The second-order valence-corrected chi connectivity index (χ2v) is 10.4. The van der Waals surface area contributed by atoms with Crippen LogP contribution in [0.2, 0.25) is 0 Å². The highest BCUT2D eigenvalue weighted by Gasteiger charge is 2.51. The Labute approximate surface area is 178 Å². The number of amides is 1. The number of aliphatic hydroxyl groups is 1. The number of carbonyl (C=O) groups excluding carboxylic acids is 1. The molecule has 1 unspecified atom stereocenters. The summed E-state index contributed by atoms with van der Waals surface area (Å²) in [7, 11) is 1.60. The highest BCUT2D eigenvalue weighted by Crippen LogP contribution is 2.61. The molecule has 1 aromatic rings. The van der Waals surface area contributed by atoms with Gasteiger partial charge < -0.3 is 15.2 Å². The third-order valence-corrected chi connectivity index (χ3v) is 7.87. The fraction of sp³-hybridized carbons (Fsp3) is 0.783. The zero-order valence-electron chi connectivity index (χ0n) is 18.0. The van der Waals surface area contributed by atoms with Crippen molar-refractivity contribution in [1.29, 1.82) is 0 Å². The van der Waals surface area contributed by atoms with Crippen LogP contribution in [-0.2, 0) is 22.5 Å². The minimum absolute atomic E-state index is 0.121. The molecule has 7 nitrogen and oxygen atoms in total. The average Bonchev–Trinajstić information content (AvgIpc) is 2.66. The van der Waals surface area contributed by atoms with E-state index in [1.807, 2.05) is 0 Å². The number of hydrogen-bond acceptors (Lipinski definition) is 6. The number of aromatic nitrogens is 2. The van der Waals surface area contributed by atoms with E-state index in [-0.39, 0.29) is 11.3 Å². The summed E-state index contributed by atoms with van der Waals surface area (Å²) in [6, 6.07) is 0. The summed E-state index contributed by atoms with van der Waals surface area (Å²) < 4.78 is 5.03. The molecule has 1 aliphatic heterocycles. The second-order valence-electron chi connectivity index (χ2n) is 10.4. The standard InChI is InChI=1S/C23H34N4O3/c1-30-13-18(28)11-27-3-2-19-20(12-27)24-14-25-22(19)26-21(29)10-23-7-15-4-16(8-23)6-17(5-15)9-23/h14-18,28H,2-13H2,1H3,(H,24,25,26,29). The third-order valence-electron chi connectivity index (χ3n) is 7.87. The summed E-state index contributed by atoms with van der Waals surface area (Å²) in [6.45, 7) is 2.37. The number of carbonyl (C=O) groups is 1. The first-order valence-electron chi connectivity index (χ1n) is 11.5. The second kappa shape index (κ2) is 8.17. The van der Waals surface area contributed by atoms with E-state index in [9.17, 15) is 9.90 Å². The van der Waals surface area contributed by atoms with Gasteiger partial charge in [0.05, 0.1) is 18.4 Å². The maximum Gasteiger partial charge on any atom is 0.226 e. The topological polar surface area (TPSA) is 87.6 Å². The van der Waals surface area contributed by atoms with Gasteiger partial charge in [0, 0.05) is 38.7 Å². The zero-order valence-corrected chi connectivity index (χ0v) is 18.0. The number of ether oxygens (including phenoxy) is 1. The number of β-amino-alcohol motifs (C(OH)–C–C–N with tert-alkyl or cyclic N) is 1. The molecule has 1 amide bonds. The minimum atomic E-state index is -0.502. The normalized spacial score (nSPS) is 33.3. The first kappa shape index (κ1) is 20.3. The minimum Gasteiger partial charge on any atom is -0.389 e. The van der Waals surface area contributed by atoms with Gasteiger partial charge in [-0.2, -0.15) is 0 Å². The highest BCUT2D eigenvalue weighted by molar-refractivity contribution is 5.91. The van der Waals surface area contributed by atoms with Gasteiger partial charge in [0.25, 0.3) is 0 Å². The van der Waals surface area contributed by atoms with Gasteiger partial charge in [0.1, 0.15) is 12.1 Å². The van der Waals surface area contributed by atoms with Gasteiger partial charge in [0.15, 0.2) is 0 Å². The predicted molar refractivity (Wildman–Crippen MR) is 113 cm³/mol. The fourth-order valence-electron chi connectivity index (χ4n) is 7.24. The van der Waals surface area contributed by atoms with E-state index in [1.165, 1.54) is 38.5 Å². The van der Waals surface area contributed by atoms with Crippen LogP contribution in [0.4, 0.5) is 5.82 Å². The number of hydrogen-bond donors (Lipinski definition) is 2. The number of nitrogens with zero attached hydrogens (tertiary/aromatic N) is 3. The molecule has 0 saturated heterocycles. The van der Waals surface area contributed by atoms with E-state index >= 15 is 0 Å². The van der Waals surface area contributed by atoms with Crippen molar-refractivity contribution < 1.29 is 14.6 Å². The number of fused-ring (bicyclic) bond motifs is 1. The Hall–Kier alpha value is -1.57. The van der Waals surface area contributed by atoms with E-state index in [0.29, 0.717) is 31.9 Å². The van der Waals surface area contributed by atoms with Crippen LogP contribution in [0.3, 0.4) is 0 Å². The molecule has 0 aromatic carbocycles. The maximum atomic E-state index is 13.0. The largest absolute Gasteiger partial charge is 0.389 e. The Bertz CT molecular complexity index is 763. The molecule has 4 aliphatic carbocycles. The molecule has 2 N–H and O–H groups in total. The number of anilines is 1. The zero-order chi connectivity index (χ0) is 20.7. The molecule has 2 heterocycles. The van der Waals surface area contributed by atoms with Crippen molar-refractivity contribution in [2.75, 3.05) is 32.1 Å². The molecule has 0 radical (unpaired) electrons. The molecule has 4 saturated carbocycles. The van der Waals surface area contributed by atoms with Gasteiger partial charge in [0.2, 0.25) is 5.91 Å². The van der Waals surface area contributed by atoms with Crippen LogP contribution >= 0.6 is 0 Å². The molecule has 4 fully saturated rings. The Kier molecular flexibility index (Phi) is 5.54. The van der Waals surface area contributed by atoms with Gasteiger partial charge in [-0.05, 0) is 68.1 Å². The van der Waals surface area contributed by atoms with Gasteiger partial charge in [-0.25, -0.2) is 9.97 Å². The van der Waals surface area contributed by atoms with E-state index in [4.69, 9.17) is 4.74 Å². The summed E-state index contributed by atoms with van der Waals surface area (Å²) >= 11 is 0. The molecule has 4 bridgehead atoms. The Morgan fingerprint density at radius 3 is 2.63 bits per heavy atom. The van der Waals surface area contributed by atoms with Crippen LogP contribution in [0.25, 0.3) is 0 Å². The van der Waals surface area contributed by atoms with Crippen LogP contribution in [0, 0.1) is 23.2 Å². The van der Waals surface area contributed by atoms with E-state index < -0.39 is 6.10 Å². The van der Waals surface area contributed by atoms with Gasteiger partial charge in [-0.15, -0.1) is 0 Å². The van der Waals surface area contributed by atoms with Gasteiger partial charge >= 0.3 is 0 Å². The number of rotatable bonds is 7. The van der Waals surface area contributed by atoms with Crippen LogP contribution in [-0.4, -0.2) is 58.8 Å². The van der Waals surface area contributed by atoms with Crippen LogP contribution in [0.1, 0.15) is 56.2 Å². The van der Waals surface area contributed by atoms with Crippen LogP contribution in [0.5, 0.6) is 0 Å². The Balaban J connectivity index is 1.23. The summed E-state index contributed by atoms with van der Waals surface area (Å²) in [5.41, 5.74) is 2.24. The van der Waals surface area contributed by atoms with Crippen LogP contribution in [0.15, 0.2) is 6.33 Å². The molecule has 6 rings (SSSR count). The first-order chi connectivity index (χ1) is 14.5. The van der Waals surface area contributed by atoms with E-state index in [2.05, 4.69) is 20.2 Å². The monoisotopic (exact) mass is 414 g/mol. The molecule has 30 heavy (non-hydrogen) atoms. The molecular formula is C23H34N4O3. The summed E-state index contributed by atoms with van der Waals surface area (Å²) in [4.78, 5) is 24.1. The van der Waals surface area contributed by atoms with Crippen molar-refractivity contribution in [3.05, 3.63) is 17.6 Å². The SMILES string of the molecule is COCC(O)CN1CCc2c(ncnc2NC(=O)CC23CC4CC(CC(C4)C2)C3)C1. The Morgan fingerprint density at radius 2 is 1.97 bits per heavy atom. The lowest BCUT2D eigenvalue weighted by atomic mass is 9.49. The molecule has 164 valence electrons. The van der Waals surface area contributed by atoms with E-state index in [0.717, 1.165) is 42.0 Å². The first-order valence-corrected chi connectivity index (χ1v) is 11.5. The highest BCUT2D eigenvalue weighted by atomic mass is 16.5. The van der Waals surface area contributed by atoms with Crippen molar-refractivity contribution in [2.24, 2.45) is 23.2 Å². The lowest BCUT2D eigenvalue weighted by Gasteiger charge is -2.56. The number of nitrogens with one attached hydrogen (secondary N) is 1. The summed E-state index contributed by atoms with van der Waals surface area (Å²) in [6.07, 6.45) is 10.4. The lowest BCUT2D eigenvalue weighted by molar-refractivity contribution is -0.124. The van der Waals surface area contributed by atoms with E-state index in [1.54, 1.807) is 13.4 Å². The molecular weight excluding hydrogens is 380 g/mol. The predicted octanol–water partition coefficient (Wildman–Crippen LogP) is 2.39. The maximum absolute atomic E-state index is 13.0. The van der Waals surface area contributed by atoms with Crippen molar-refractivity contribution in [3.63, 3.8) is 0 Å². The quantitative estimate of drug-likeness (QED) is 0.712. The molecule has 1 atom stereocenters.